The van der Waals surface area contributed by atoms with E-state index in [1.54, 1.807) is 32.9 Å². The van der Waals surface area contributed by atoms with Crippen molar-refractivity contribution >= 4 is 50.3 Å². The number of halogens is 4. The van der Waals surface area contributed by atoms with Gasteiger partial charge in [0, 0.05) is 17.1 Å². The van der Waals surface area contributed by atoms with Gasteiger partial charge in [0.2, 0.25) is 5.91 Å². The van der Waals surface area contributed by atoms with Gasteiger partial charge in [-0.2, -0.15) is 13.2 Å². The lowest BCUT2D eigenvalue weighted by Gasteiger charge is -2.30. The van der Waals surface area contributed by atoms with Crippen LogP contribution in [-0.2, 0) is 27.0 Å². The number of nitrogens with zero attached hydrogens (tertiary/aromatic N) is 2. The first-order valence-corrected chi connectivity index (χ1v) is 14.5. The normalized spacial score (nSPS) is 16.0. The third-order valence-corrected chi connectivity index (χ3v) is 7.59. The van der Waals surface area contributed by atoms with Gasteiger partial charge in [0.05, 0.1) is 24.9 Å². The Morgan fingerprint density at radius 2 is 1.86 bits per heavy atom. The topological polar surface area (TPSA) is 97.4 Å². The number of ether oxygens (including phenoxy) is 3. The number of benzene rings is 3. The number of carbonyl (C=O) groups is 3. The fourth-order valence-electron chi connectivity index (χ4n) is 4.74. The van der Waals surface area contributed by atoms with Crippen molar-refractivity contribution in [2.75, 3.05) is 25.7 Å². The van der Waals surface area contributed by atoms with Gasteiger partial charge in [0.15, 0.2) is 5.75 Å². The number of anilines is 1. The number of rotatable bonds is 6. The van der Waals surface area contributed by atoms with Gasteiger partial charge in [-0.1, -0.05) is 34.1 Å². The number of carbonyl (C=O) groups excluding carboxylic acids is 3. The molecule has 0 aliphatic carbocycles. The minimum Gasteiger partial charge on any atom is -0.496 e. The van der Waals surface area contributed by atoms with Gasteiger partial charge in [-0.05, 0) is 68.8 Å². The van der Waals surface area contributed by atoms with Gasteiger partial charge in [0.25, 0.3) is 5.91 Å². The molecule has 0 radical (unpaired) electrons. The molecule has 1 heterocycles. The monoisotopic (exact) mass is 679 g/mol. The SMILES string of the molecule is COc1ccc2cc(Br)ccc2c1CN1C(=O)[C@@H](NC(=O)[C@H](C)N(C)C(=O)OC(C)(C)C)COc2c1cccc2C(F)(F)F. The summed E-state index contributed by atoms with van der Waals surface area (Å²) in [5, 5.41) is 4.09. The molecule has 2 atom stereocenters. The molecule has 0 saturated carbocycles. The lowest BCUT2D eigenvalue weighted by Crippen LogP contribution is -2.55. The molecule has 0 fully saturated rings. The van der Waals surface area contributed by atoms with Crippen LogP contribution < -0.4 is 19.7 Å². The lowest BCUT2D eigenvalue weighted by molar-refractivity contribution is -0.139. The van der Waals surface area contributed by atoms with E-state index in [1.165, 1.54) is 33.2 Å². The van der Waals surface area contributed by atoms with E-state index in [1.807, 2.05) is 18.2 Å². The van der Waals surface area contributed by atoms with E-state index in [0.29, 0.717) is 16.7 Å². The van der Waals surface area contributed by atoms with Crippen LogP contribution in [0.15, 0.2) is 53.0 Å². The van der Waals surface area contributed by atoms with Gasteiger partial charge >= 0.3 is 12.3 Å². The van der Waals surface area contributed by atoms with E-state index in [0.717, 1.165) is 25.7 Å². The van der Waals surface area contributed by atoms with E-state index in [-0.39, 0.29) is 12.2 Å². The highest BCUT2D eigenvalue weighted by atomic mass is 79.9. The van der Waals surface area contributed by atoms with Crippen LogP contribution in [0.3, 0.4) is 0 Å². The van der Waals surface area contributed by atoms with Crippen molar-refractivity contribution in [1.82, 2.24) is 10.2 Å². The van der Waals surface area contributed by atoms with Crippen molar-refractivity contribution in [3.8, 4) is 11.5 Å². The van der Waals surface area contributed by atoms with E-state index in [2.05, 4.69) is 21.2 Å². The second-order valence-corrected chi connectivity index (χ2v) is 12.2. The molecule has 236 valence electrons. The van der Waals surface area contributed by atoms with Gasteiger partial charge in [-0.3, -0.25) is 14.5 Å². The standard InChI is InChI=1S/C31H33BrF3N3O6/c1-17(37(5)29(41)44-30(2,3)4)27(39)36-23-16-43-26-22(31(33,34)35)8-7-9-24(26)38(28(23)40)15-21-20-12-11-19(32)14-18(20)10-13-25(21)42-6/h7-14,17,23H,15-16H2,1-6H3,(H,36,39)/t17-,23-/m0/s1. The zero-order chi connectivity index (χ0) is 32.6. The van der Waals surface area contributed by atoms with E-state index >= 15 is 0 Å². The third-order valence-electron chi connectivity index (χ3n) is 7.09. The Balaban J connectivity index is 1.75. The maximum absolute atomic E-state index is 14.1. The molecule has 1 N–H and O–H groups in total. The molecule has 0 unspecified atom stereocenters. The van der Waals surface area contributed by atoms with Crippen LogP contribution in [0.4, 0.5) is 23.7 Å². The molecule has 0 saturated heterocycles. The summed E-state index contributed by atoms with van der Waals surface area (Å²) in [5.74, 6) is -1.56. The van der Waals surface area contributed by atoms with Crippen LogP contribution in [0, 0.1) is 0 Å². The average molecular weight is 681 g/mol. The van der Waals surface area contributed by atoms with Crippen LogP contribution in [0.2, 0.25) is 0 Å². The van der Waals surface area contributed by atoms with E-state index < -0.39 is 59.7 Å². The summed E-state index contributed by atoms with van der Waals surface area (Å²) < 4.78 is 59.6. The highest BCUT2D eigenvalue weighted by molar-refractivity contribution is 9.10. The number of hydrogen-bond donors (Lipinski definition) is 1. The first kappa shape index (κ1) is 32.9. The lowest BCUT2D eigenvalue weighted by atomic mass is 10.0. The number of fused-ring (bicyclic) bond motifs is 2. The Hall–Kier alpha value is -4.00. The first-order chi connectivity index (χ1) is 20.5. The van der Waals surface area contributed by atoms with Gasteiger partial charge in [-0.25, -0.2) is 4.79 Å². The molecule has 44 heavy (non-hydrogen) atoms. The molecule has 9 nitrogen and oxygen atoms in total. The Bertz CT molecular complexity index is 1590. The first-order valence-electron chi connectivity index (χ1n) is 13.7. The average Bonchev–Trinajstić information content (AvgIpc) is 3.07. The minimum atomic E-state index is -4.78. The van der Waals surface area contributed by atoms with Crippen LogP contribution in [0.1, 0.15) is 38.8 Å². The summed E-state index contributed by atoms with van der Waals surface area (Å²) in [6, 6.07) is 9.98. The van der Waals surface area contributed by atoms with Crippen LogP contribution in [0.5, 0.6) is 11.5 Å². The van der Waals surface area contributed by atoms with Crippen LogP contribution >= 0.6 is 15.9 Å². The number of hydrogen-bond acceptors (Lipinski definition) is 6. The van der Waals surface area contributed by atoms with Gasteiger partial charge in [0.1, 0.15) is 30.0 Å². The molecule has 1 aliphatic rings. The summed E-state index contributed by atoms with van der Waals surface area (Å²) in [5.41, 5.74) is -1.45. The molecule has 4 rings (SSSR count). The number of nitrogens with one attached hydrogen (secondary N) is 1. The largest absolute Gasteiger partial charge is 0.496 e. The predicted molar refractivity (Wildman–Crippen MR) is 162 cm³/mol. The molecule has 0 spiro atoms. The third kappa shape index (κ3) is 7.03. The van der Waals surface area contributed by atoms with Crippen LogP contribution in [0.25, 0.3) is 10.8 Å². The van der Waals surface area contributed by atoms with E-state index in [9.17, 15) is 27.6 Å². The number of likely N-dealkylation sites (N-methyl/N-ethyl adjacent to an activating group) is 1. The molecule has 3 aromatic rings. The van der Waals surface area contributed by atoms with Crippen molar-refractivity contribution in [2.45, 2.75) is 58.1 Å². The summed E-state index contributed by atoms with van der Waals surface area (Å²) in [4.78, 5) is 42.1. The number of para-hydroxylation sites is 1. The molecule has 13 heteroatoms. The molecule has 3 aromatic carbocycles. The Labute approximate surface area is 261 Å². The van der Waals surface area contributed by atoms with E-state index in [4.69, 9.17) is 14.2 Å². The maximum Gasteiger partial charge on any atom is 0.420 e. The molecule has 0 aromatic heterocycles. The summed E-state index contributed by atoms with van der Waals surface area (Å²) >= 11 is 3.44. The summed E-state index contributed by atoms with van der Waals surface area (Å²) in [7, 11) is 2.82. The maximum atomic E-state index is 14.1. The zero-order valence-corrected chi connectivity index (χ0v) is 26.6. The molecular weight excluding hydrogens is 647 g/mol. The molecule has 1 aliphatic heterocycles. The van der Waals surface area contributed by atoms with Gasteiger partial charge < -0.3 is 24.4 Å². The van der Waals surface area contributed by atoms with Crippen molar-refractivity contribution in [1.29, 1.82) is 0 Å². The predicted octanol–water partition coefficient (Wildman–Crippen LogP) is 6.30. The number of alkyl halides is 3. The molecule has 3 amide bonds. The second-order valence-electron chi connectivity index (χ2n) is 11.3. The molecular formula is C31H33BrF3N3O6. The summed E-state index contributed by atoms with van der Waals surface area (Å²) in [6.45, 7) is 5.69. The van der Waals surface area contributed by atoms with Crippen molar-refractivity contribution < 1.29 is 41.8 Å². The van der Waals surface area contributed by atoms with Crippen molar-refractivity contribution in [2.24, 2.45) is 0 Å². The van der Waals surface area contributed by atoms with Crippen molar-refractivity contribution in [3.63, 3.8) is 0 Å². The zero-order valence-electron chi connectivity index (χ0n) is 25.0. The summed E-state index contributed by atoms with van der Waals surface area (Å²) in [6.07, 6.45) is -5.54. The Morgan fingerprint density at radius 3 is 2.50 bits per heavy atom. The highest BCUT2D eigenvalue weighted by Crippen LogP contribution is 2.44. The molecule has 0 bridgehead atoms. The minimum absolute atomic E-state index is 0.114. The fraction of sp³-hybridized carbons (Fsp3) is 0.387. The second kappa shape index (κ2) is 12.5. The fourth-order valence-corrected chi connectivity index (χ4v) is 5.12. The van der Waals surface area contributed by atoms with Gasteiger partial charge in [-0.15, -0.1) is 0 Å². The van der Waals surface area contributed by atoms with Crippen molar-refractivity contribution in [3.05, 3.63) is 64.1 Å². The Morgan fingerprint density at radius 1 is 1.16 bits per heavy atom. The smallest absolute Gasteiger partial charge is 0.420 e. The highest BCUT2D eigenvalue weighted by Gasteiger charge is 2.41. The Kier molecular flexibility index (Phi) is 9.38. The number of amides is 3. The number of methoxy groups -OCH3 is 1. The quantitative estimate of drug-likeness (QED) is 0.329. The van der Waals surface area contributed by atoms with Crippen LogP contribution in [-0.4, -0.2) is 61.3 Å².